The lowest BCUT2D eigenvalue weighted by Gasteiger charge is -2.11. The number of nitrogens with two attached hydrogens (primary N) is 8. The van der Waals surface area contributed by atoms with Gasteiger partial charge in [0.1, 0.15) is 34.5 Å². The van der Waals surface area contributed by atoms with Gasteiger partial charge in [-0.3, -0.25) is 0 Å². The van der Waals surface area contributed by atoms with E-state index in [-0.39, 0.29) is 36.2 Å². The summed E-state index contributed by atoms with van der Waals surface area (Å²) in [5.74, 6) is 2.62. The van der Waals surface area contributed by atoms with Gasteiger partial charge in [0.2, 0.25) is 0 Å². The maximum absolute atomic E-state index is 10.2. The van der Waals surface area contributed by atoms with Crippen LogP contribution < -0.4 is 50.6 Å². The molecule has 0 bridgehead atoms. The predicted molar refractivity (Wildman–Crippen MR) is 380 cm³/mol. The Balaban J connectivity index is 0.000000539. The first-order chi connectivity index (χ1) is 43.6. The van der Waals surface area contributed by atoms with Crippen LogP contribution in [0.15, 0.2) is 112 Å². The molecule has 0 amide bonds. The van der Waals surface area contributed by atoms with Gasteiger partial charge in [0.25, 0.3) is 0 Å². The maximum Gasteiger partial charge on any atom is 0.373 e. The van der Waals surface area contributed by atoms with Crippen LogP contribution in [0.4, 0.5) is 39.8 Å². The molecule has 500 valence electrons. The minimum atomic E-state index is 0.00384. The topological polar surface area (TPSA) is 448 Å². The van der Waals surface area contributed by atoms with Gasteiger partial charge in [-0.25, -0.2) is 0 Å². The zero-order valence-electron chi connectivity index (χ0n) is 54.1. The first kappa shape index (κ1) is 81.4. The minimum Gasteiger partial charge on any atom is -0.508 e. The van der Waals surface area contributed by atoms with Gasteiger partial charge < -0.3 is 91.5 Å². The lowest BCUT2D eigenvalue weighted by molar-refractivity contribution is -0.193. The Morgan fingerprint density at radius 3 is 1.53 bits per heavy atom. The second-order valence-corrected chi connectivity index (χ2v) is 23.6. The number of rotatable bonds is 7. The number of anilines is 7. The SMILES string of the molecule is CC(C)c1cc(N)ccc1O.CCc1cc(N)c(C)c(C)c1O.COc1cc(N)c(C)c(C)c1O.Cc1cc(N)c(C)c(CN)c1O.Cc1cc(N)cc(-c2cc3ccccc3s2)c1O.Cc1cc(N)ccc1O.Nc1cc(Br)c(O)c(Br)c1CCO.O=C=O.O=C=O. The van der Waals surface area contributed by atoms with Crippen molar-refractivity contribution in [3.8, 4) is 56.4 Å². The molecule has 0 spiro atoms. The van der Waals surface area contributed by atoms with Crippen LogP contribution in [0.25, 0.3) is 20.5 Å². The third kappa shape index (κ3) is 24.2. The van der Waals surface area contributed by atoms with Gasteiger partial charge in [0.15, 0.2) is 11.5 Å². The Morgan fingerprint density at radius 1 is 0.527 bits per heavy atom. The third-order valence-electron chi connectivity index (χ3n) is 14.2. The second-order valence-electron chi connectivity index (χ2n) is 20.9. The van der Waals surface area contributed by atoms with Crippen LogP contribution in [0.5, 0.6) is 46.0 Å². The number of phenolic OH excluding ortho intramolecular Hbond substituents is 7. The van der Waals surface area contributed by atoms with Crippen LogP contribution in [-0.4, -0.2) is 66.9 Å². The van der Waals surface area contributed by atoms with E-state index in [0.717, 1.165) is 89.3 Å². The Kier molecular flexibility index (Phi) is 34.6. The van der Waals surface area contributed by atoms with E-state index >= 15 is 0 Å². The fraction of sp³-hybridized carbons (Fsp3) is 0.246. The van der Waals surface area contributed by atoms with Gasteiger partial charge in [-0.15, -0.1) is 11.3 Å². The fourth-order valence-corrected chi connectivity index (χ4v) is 10.9. The predicted octanol–water partition coefficient (Wildman–Crippen LogP) is 13.2. The first-order valence-electron chi connectivity index (χ1n) is 28.3. The molecule has 0 saturated heterocycles. The van der Waals surface area contributed by atoms with Crippen molar-refractivity contribution in [2.24, 2.45) is 5.73 Å². The summed E-state index contributed by atoms with van der Waals surface area (Å²) in [6, 6.07) is 30.9. The van der Waals surface area contributed by atoms with Gasteiger partial charge in [-0.05, 0) is 251 Å². The summed E-state index contributed by atoms with van der Waals surface area (Å²) in [5.41, 5.74) is 60.8. The number of hydrogen-bond acceptors (Lipinski definition) is 22. The largest absolute Gasteiger partial charge is 0.508 e. The highest BCUT2D eigenvalue weighted by Crippen LogP contribution is 2.42. The highest BCUT2D eigenvalue weighted by Gasteiger charge is 2.15. The molecule has 0 aliphatic heterocycles. The molecule has 0 atom stereocenters. The Bertz CT molecular complexity index is 3880. The van der Waals surface area contributed by atoms with E-state index in [0.29, 0.717) is 90.7 Å². The van der Waals surface area contributed by atoms with Gasteiger partial charge >= 0.3 is 12.3 Å². The van der Waals surface area contributed by atoms with Crippen LogP contribution >= 0.6 is 43.2 Å². The van der Waals surface area contributed by atoms with Gasteiger partial charge in [-0.1, -0.05) is 39.0 Å². The number of nitrogen functional groups attached to an aromatic ring is 7. The van der Waals surface area contributed by atoms with E-state index in [2.05, 4.69) is 50.1 Å². The van der Waals surface area contributed by atoms with Crippen LogP contribution in [-0.2, 0) is 38.6 Å². The number of aryl methyl sites for hydroxylation is 4. The minimum absolute atomic E-state index is 0.00384. The summed E-state index contributed by atoms with van der Waals surface area (Å²) in [4.78, 5) is 33.5. The molecule has 93 heavy (non-hydrogen) atoms. The number of halogens is 2. The molecule has 24 heteroatoms. The first-order valence-corrected chi connectivity index (χ1v) is 30.7. The number of benzene rings is 8. The van der Waals surface area contributed by atoms with Crippen molar-refractivity contribution in [3.63, 3.8) is 0 Å². The lowest BCUT2D eigenvalue weighted by Crippen LogP contribution is -2.03. The van der Waals surface area contributed by atoms with Gasteiger partial charge in [0, 0.05) is 79.7 Å². The standard InChI is InChI=1S/C15H13NOS.C10H15NO.C9H14N2O.C9H13NO2.C9H13NO.C8H9Br2NO2.C7H9NO.2CO2/c1-9-6-11(16)8-12(15(9)17)14-7-10-4-2-3-5-13(10)18-14;1-4-8-5-9(11)6(2)7(3)10(8)12;1-5-3-8(11)6(2)7(4-10)9(5)12;1-5-6(2)9(11)8(12-3)4-7(5)10;1-6(2)8-5-7(10)3-4-9(8)11;9-5-3-6(11)4(1-2-12)7(10)8(5)13;1-5-4-6(8)2-3-7(5)9;2*2-1-3/h2-8,17H,16H2,1H3;5,12H,4,11H2,1-3H3;3,12H,4,10-11H2,1-2H3;4,11H,10H2,1-3H3;3-6,11H,10H2,1-2H3;3,12-13H,1-2,11H2;2-4,9H,8H2,1H3;;. The Labute approximate surface area is 563 Å². The molecule has 24 N–H and O–H groups in total. The number of aromatic hydroxyl groups is 7. The van der Waals surface area contributed by atoms with Crippen molar-refractivity contribution >= 4 is 105 Å². The Morgan fingerprint density at radius 2 is 1.03 bits per heavy atom. The van der Waals surface area contributed by atoms with Crippen LogP contribution in [0.3, 0.4) is 0 Å². The molecule has 0 radical (unpaired) electrons. The summed E-state index contributed by atoms with van der Waals surface area (Å²) in [5, 5.41) is 76.7. The van der Waals surface area contributed by atoms with Crippen molar-refractivity contribution in [1.82, 2.24) is 0 Å². The molecule has 0 aliphatic rings. The van der Waals surface area contributed by atoms with E-state index in [1.54, 1.807) is 72.0 Å². The van der Waals surface area contributed by atoms with Gasteiger partial charge in [-0.2, -0.15) is 19.2 Å². The molecule has 0 fully saturated rings. The van der Waals surface area contributed by atoms with E-state index in [4.69, 9.17) is 80.0 Å². The number of aliphatic hydroxyl groups is 1. The van der Waals surface area contributed by atoms with E-state index in [1.165, 1.54) is 17.2 Å². The number of hydrogen-bond donors (Lipinski definition) is 16. The highest BCUT2D eigenvalue weighted by atomic mass is 79.9. The molecule has 1 aromatic heterocycles. The molecule has 21 nitrogen and oxygen atoms in total. The summed E-state index contributed by atoms with van der Waals surface area (Å²) in [7, 11) is 1.50. The van der Waals surface area contributed by atoms with Crippen LogP contribution in [0, 0.1) is 55.4 Å². The van der Waals surface area contributed by atoms with Crippen molar-refractivity contribution in [1.29, 1.82) is 0 Å². The average molecular weight is 1430 g/mol. The number of thiophene rings is 1. The fourth-order valence-electron chi connectivity index (χ4n) is 8.43. The highest BCUT2D eigenvalue weighted by molar-refractivity contribution is 9.11. The number of methoxy groups -OCH3 is 1. The molecule has 1 heterocycles. The van der Waals surface area contributed by atoms with E-state index < -0.39 is 0 Å². The molecule has 8 aromatic carbocycles. The molecule has 9 aromatic rings. The molecular weight excluding hydrogens is 1340 g/mol. The number of phenols is 7. The summed E-state index contributed by atoms with van der Waals surface area (Å²) in [6.45, 7) is 21.2. The molecule has 0 saturated carbocycles. The summed E-state index contributed by atoms with van der Waals surface area (Å²) < 4.78 is 7.22. The number of aliphatic hydroxyl groups excluding tert-OH is 1. The quantitative estimate of drug-likeness (QED) is 0.0520. The maximum atomic E-state index is 10.2. The zero-order valence-corrected chi connectivity index (χ0v) is 58.1. The number of ether oxygens (including phenoxy) is 1. The van der Waals surface area contributed by atoms with Crippen molar-refractivity contribution in [2.45, 2.75) is 101 Å². The van der Waals surface area contributed by atoms with Crippen molar-refractivity contribution in [3.05, 3.63) is 179 Å². The van der Waals surface area contributed by atoms with Crippen LogP contribution in [0.2, 0.25) is 0 Å². The summed E-state index contributed by atoms with van der Waals surface area (Å²) >= 11 is 8.04. The van der Waals surface area contributed by atoms with Crippen molar-refractivity contribution < 1.29 is 64.8 Å². The molecular formula is C69H86Br2N8O13S. The third-order valence-corrected chi connectivity index (χ3v) is 16.8. The zero-order chi connectivity index (χ0) is 71.3. The molecule has 0 aliphatic carbocycles. The normalized spacial score (nSPS) is 9.82. The van der Waals surface area contributed by atoms with Crippen LogP contribution in [0.1, 0.15) is 93.5 Å². The second kappa shape index (κ2) is 39.6. The number of carbonyl (C=O) groups excluding carboxylic acids is 4. The van der Waals surface area contributed by atoms with Crippen molar-refractivity contribution in [2.75, 3.05) is 53.9 Å². The summed E-state index contributed by atoms with van der Waals surface area (Å²) in [6.07, 6.45) is 1.74. The smallest absolute Gasteiger partial charge is 0.373 e. The molecule has 0 unspecified atom stereocenters. The average Bonchev–Trinajstić information content (AvgIpc) is 1.73. The molecule has 9 rings (SSSR count). The van der Waals surface area contributed by atoms with Gasteiger partial charge in [0.05, 0.1) is 16.1 Å². The van der Waals surface area contributed by atoms with E-state index in [1.807, 2.05) is 100 Å². The lowest BCUT2D eigenvalue weighted by atomic mass is 10.0. The number of fused-ring (bicyclic) bond motifs is 1. The van der Waals surface area contributed by atoms with E-state index in [9.17, 15) is 30.6 Å². The Hall–Kier alpha value is -9.64. The monoisotopic (exact) mass is 1420 g/mol.